The molecular formula is C18H24BrN3O2. The Morgan fingerprint density at radius 2 is 2.04 bits per heavy atom. The van der Waals surface area contributed by atoms with Gasteiger partial charge in [-0.15, -0.1) is 0 Å². The first-order valence-electron chi connectivity index (χ1n) is 8.59. The number of likely N-dealkylation sites (tertiary alicyclic amines) is 1. The summed E-state index contributed by atoms with van der Waals surface area (Å²) >= 11 is 3.49. The van der Waals surface area contributed by atoms with E-state index in [0.29, 0.717) is 32.0 Å². The Morgan fingerprint density at radius 1 is 1.29 bits per heavy atom. The molecule has 1 aromatic carbocycles. The largest absolute Gasteiger partial charge is 0.338 e. The number of rotatable bonds is 3. The number of carbonyl (C=O) groups is 2. The fourth-order valence-corrected chi connectivity index (χ4v) is 4.28. The summed E-state index contributed by atoms with van der Waals surface area (Å²) in [5.74, 6) is -0.128. The van der Waals surface area contributed by atoms with Gasteiger partial charge >= 0.3 is 0 Å². The molecule has 2 saturated heterocycles. The monoisotopic (exact) mass is 393 g/mol. The standard InChI is InChI=1S/C18H24BrN3O2/c1-12-6-8-21(13(10-12)11-20)17(23)14-7-9-22(18(14)24)16-5-3-2-4-15(16)19/h2-5,12-14H,6-11,20H2,1H3. The van der Waals surface area contributed by atoms with E-state index in [0.717, 1.165) is 23.0 Å². The molecule has 0 radical (unpaired) electrons. The predicted octanol–water partition coefficient (Wildman–Crippen LogP) is 2.39. The lowest BCUT2D eigenvalue weighted by molar-refractivity contribution is -0.143. The first-order chi connectivity index (χ1) is 11.5. The van der Waals surface area contributed by atoms with Crippen molar-refractivity contribution >= 4 is 33.4 Å². The van der Waals surface area contributed by atoms with Gasteiger partial charge in [0, 0.05) is 30.1 Å². The lowest BCUT2D eigenvalue weighted by atomic mass is 9.91. The number of nitrogens with zero attached hydrogens (tertiary/aromatic N) is 2. The van der Waals surface area contributed by atoms with Crippen molar-refractivity contribution in [2.24, 2.45) is 17.6 Å². The van der Waals surface area contributed by atoms with E-state index in [1.807, 2.05) is 29.2 Å². The van der Waals surface area contributed by atoms with E-state index >= 15 is 0 Å². The molecule has 2 fully saturated rings. The van der Waals surface area contributed by atoms with Gasteiger partial charge in [-0.3, -0.25) is 9.59 Å². The Kier molecular flexibility index (Phi) is 5.25. The lowest BCUT2D eigenvalue weighted by Gasteiger charge is -2.39. The van der Waals surface area contributed by atoms with E-state index < -0.39 is 5.92 Å². The third-order valence-corrected chi connectivity index (χ3v) is 5.85. The zero-order valence-corrected chi connectivity index (χ0v) is 15.5. The van der Waals surface area contributed by atoms with Crippen LogP contribution >= 0.6 is 15.9 Å². The van der Waals surface area contributed by atoms with E-state index in [2.05, 4.69) is 22.9 Å². The van der Waals surface area contributed by atoms with Crippen LogP contribution in [0.25, 0.3) is 0 Å². The minimum Gasteiger partial charge on any atom is -0.338 e. The number of halogens is 1. The second kappa shape index (κ2) is 7.23. The van der Waals surface area contributed by atoms with Gasteiger partial charge in [-0.2, -0.15) is 0 Å². The zero-order chi connectivity index (χ0) is 17.3. The highest BCUT2D eigenvalue weighted by Crippen LogP contribution is 2.33. The van der Waals surface area contributed by atoms with Crippen LogP contribution in [0.5, 0.6) is 0 Å². The summed E-state index contributed by atoms with van der Waals surface area (Å²) in [6.45, 7) is 3.95. The van der Waals surface area contributed by atoms with Crippen molar-refractivity contribution in [3.05, 3.63) is 28.7 Å². The molecule has 2 amide bonds. The van der Waals surface area contributed by atoms with Gasteiger partial charge in [-0.05, 0) is 53.2 Å². The molecule has 0 bridgehead atoms. The highest BCUT2D eigenvalue weighted by Gasteiger charge is 2.42. The summed E-state index contributed by atoms with van der Waals surface area (Å²) in [6, 6.07) is 7.69. The molecule has 0 aromatic heterocycles. The van der Waals surface area contributed by atoms with Crippen LogP contribution in [0, 0.1) is 11.8 Å². The van der Waals surface area contributed by atoms with Crippen molar-refractivity contribution in [1.82, 2.24) is 4.90 Å². The zero-order valence-electron chi connectivity index (χ0n) is 14.0. The van der Waals surface area contributed by atoms with E-state index in [-0.39, 0.29) is 17.9 Å². The highest BCUT2D eigenvalue weighted by atomic mass is 79.9. The van der Waals surface area contributed by atoms with E-state index in [4.69, 9.17) is 5.73 Å². The quantitative estimate of drug-likeness (QED) is 0.801. The van der Waals surface area contributed by atoms with Gasteiger partial charge in [0.05, 0.1) is 5.69 Å². The number of hydrogen-bond donors (Lipinski definition) is 1. The van der Waals surface area contributed by atoms with Gasteiger partial charge in [0.2, 0.25) is 11.8 Å². The van der Waals surface area contributed by atoms with Gasteiger partial charge < -0.3 is 15.5 Å². The molecule has 2 aliphatic heterocycles. The molecule has 24 heavy (non-hydrogen) atoms. The second-order valence-corrected chi connectivity index (χ2v) is 7.69. The molecule has 6 heteroatoms. The summed E-state index contributed by atoms with van der Waals surface area (Å²) in [5, 5.41) is 0. The van der Waals surface area contributed by atoms with Crippen LogP contribution in [0.1, 0.15) is 26.2 Å². The van der Waals surface area contributed by atoms with Crippen LogP contribution < -0.4 is 10.6 Å². The molecule has 130 valence electrons. The molecule has 3 atom stereocenters. The van der Waals surface area contributed by atoms with Gasteiger partial charge in [0.25, 0.3) is 0 Å². The first-order valence-corrected chi connectivity index (χ1v) is 9.38. The van der Waals surface area contributed by atoms with Crippen LogP contribution in [0.15, 0.2) is 28.7 Å². The number of para-hydroxylation sites is 1. The van der Waals surface area contributed by atoms with Crippen molar-refractivity contribution in [2.45, 2.75) is 32.2 Å². The molecule has 0 spiro atoms. The van der Waals surface area contributed by atoms with Crippen LogP contribution in [0.3, 0.4) is 0 Å². The number of anilines is 1. The molecule has 2 heterocycles. The smallest absolute Gasteiger partial charge is 0.239 e. The van der Waals surface area contributed by atoms with Crippen molar-refractivity contribution in [3.63, 3.8) is 0 Å². The van der Waals surface area contributed by atoms with E-state index in [9.17, 15) is 9.59 Å². The number of hydrogen-bond acceptors (Lipinski definition) is 3. The Labute approximate surface area is 151 Å². The van der Waals surface area contributed by atoms with Crippen LogP contribution in [0.2, 0.25) is 0 Å². The Bertz CT molecular complexity index is 636. The predicted molar refractivity (Wildman–Crippen MR) is 97.6 cm³/mol. The Hall–Kier alpha value is -1.40. The van der Waals surface area contributed by atoms with Crippen LogP contribution in [0.4, 0.5) is 5.69 Å². The van der Waals surface area contributed by atoms with Gasteiger partial charge in [-0.25, -0.2) is 0 Å². The molecule has 1 aromatic rings. The maximum absolute atomic E-state index is 13.0. The average Bonchev–Trinajstić information content (AvgIpc) is 2.96. The fourth-order valence-electron chi connectivity index (χ4n) is 3.78. The summed E-state index contributed by atoms with van der Waals surface area (Å²) in [6.07, 6.45) is 2.48. The lowest BCUT2D eigenvalue weighted by Crippen LogP contribution is -2.52. The molecule has 3 rings (SSSR count). The van der Waals surface area contributed by atoms with Crippen molar-refractivity contribution in [3.8, 4) is 0 Å². The molecule has 0 saturated carbocycles. The highest BCUT2D eigenvalue weighted by molar-refractivity contribution is 9.10. The first kappa shape index (κ1) is 17.4. The van der Waals surface area contributed by atoms with Crippen molar-refractivity contribution in [2.75, 3.05) is 24.5 Å². The third-order valence-electron chi connectivity index (χ3n) is 5.18. The number of nitrogens with two attached hydrogens (primary N) is 1. The molecule has 2 aliphatic rings. The summed E-state index contributed by atoms with van der Waals surface area (Å²) < 4.78 is 0.873. The van der Waals surface area contributed by atoms with Crippen molar-refractivity contribution in [1.29, 1.82) is 0 Å². The second-order valence-electron chi connectivity index (χ2n) is 6.83. The fraction of sp³-hybridized carbons (Fsp3) is 0.556. The normalized spacial score (nSPS) is 27.6. The molecule has 3 unspecified atom stereocenters. The topological polar surface area (TPSA) is 66.6 Å². The maximum Gasteiger partial charge on any atom is 0.239 e. The minimum absolute atomic E-state index is 0.0445. The molecule has 2 N–H and O–H groups in total. The van der Waals surface area contributed by atoms with E-state index in [1.165, 1.54) is 0 Å². The van der Waals surface area contributed by atoms with E-state index in [1.54, 1.807) is 4.90 Å². The number of carbonyl (C=O) groups excluding carboxylic acids is 2. The summed E-state index contributed by atoms with van der Waals surface area (Å²) in [5.41, 5.74) is 6.70. The van der Waals surface area contributed by atoms with Gasteiger partial charge in [-0.1, -0.05) is 19.1 Å². The number of benzene rings is 1. The van der Waals surface area contributed by atoms with Gasteiger partial charge in [0.1, 0.15) is 5.92 Å². The summed E-state index contributed by atoms with van der Waals surface area (Å²) in [4.78, 5) is 29.4. The third kappa shape index (κ3) is 3.22. The molecule has 0 aliphatic carbocycles. The molecular weight excluding hydrogens is 370 g/mol. The Morgan fingerprint density at radius 3 is 2.75 bits per heavy atom. The average molecular weight is 394 g/mol. The summed E-state index contributed by atoms with van der Waals surface area (Å²) in [7, 11) is 0. The SMILES string of the molecule is CC1CCN(C(=O)C2CCN(c3ccccc3Br)C2=O)C(CN)C1. The van der Waals surface area contributed by atoms with Gasteiger partial charge in [0.15, 0.2) is 0 Å². The Balaban J connectivity index is 1.75. The van der Waals surface area contributed by atoms with Crippen molar-refractivity contribution < 1.29 is 9.59 Å². The molecule has 5 nitrogen and oxygen atoms in total. The maximum atomic E-state index is 13.0. The number of amides is 2. The number of piperidine rings is 1. The minimum atomic E-state index is -0.570. The van der Waals surface area contributed by atoms with Crippen LogP contribution in [-0.2, 0) is 9.59 Å². The van der Waals surface area contributed by atoms with Crippen LogP contribution in [-0.4, -0.2) is 42.4 Å².